The molecule has 1 fully saturated rings. The van der Waals surface area contributed by atoms with E-state index in [9.17, 15) is 14.7 Å². The minimum atomic E-state index is -0.853. The van der Waals surface area contributed by atoms with Gasteiger partial charge >= 0.3 is 5.97 Å². The Morgan fingerprint density at radius 1 is 1.33 bits per heavy atom. The first-order valence-corrected chi connectivity index (χ1v) is 7.72. The van der Waals surface area contributed by atoms with Crippen LogP contribution in [0.3, 0.4) is 0 Å². The summed E-state index contributed by atoms with van der Waals surface area (Å²) in [4.78, 5) is 25.6. The summed E-state index contributed by atoms with van der Waals surface area (Å²) in [5.41, 5.74) is 0. The van der Waals surface area contributed by atoms with Gasteiger partial charge in [-0.15, -0.1) is 0 Å². The van der Waals surface area contributed by atoms with Crippen molar-refractivity contribution in [1.82, 2.24) is 10.2 Å². The fraction of sp³-hybridized carbons (Fsp3) is 0.867. The fourth-order valence-electron chi connectivity index (χ4n) is 2.61. The number of carboxylic acid groups (broad SMARTS) is 1. The van der Waals surface area contributed by atoms with Gasteiger partial charge < -0.3 is 15.2 Å². The highest BCUT2D eigenvalue weighted by molar-refractivity contribution is 5.81. The predicted octanol–water partition coefficient (Wildman–Crippen LogP) is 0.959. The molecule has 2 N–H and O–H groups in total. The lowest BCUT2D eigenvalue weighted by molar-refractivity contribution is -0.144. The molecule has 1 heterocycles. The van der Waals surface area contributed by atoms with E-state index >= 15 is 0 Å². The normalized spacial score (nSPS) is 23.5. The van der Waals surface area contributed by atoms with Crippen LogP contribution in [-0.2, 0) is 14.3 Å². The van der Waals surface area contributed by atoms with Crippen molar-refractivity contribution >= 4 is 11.9 Å². The minimum Gasteiger partial charge on any atom is -0.481 e. The zero-order chi connectivity index (χ0) is 16.0. The maximum absolute atomic E-state index is 12.3. The zero-order valence-electron chi connectivity index (χ0n) is 13.5. The number of hydrogen-bond donors (Lipinski definition) is 2. The topological polar surface area (TPSA) is 78.9 Å². The molecular formula is C15H28N2O4. The quantitative estimate of drug-likeness (QED) is 0.698. The summed E-state index contributed by atoms with van der Waals surface area (Å²) in [6, 6.07) is -0.584. The molecule has 6 nitrogen and oxygen atoms in total. The van der Waals surface area contributed by atoms with E-state index in [1.165, 1.54) is 0 Å². The summed E-state index contributed by atoms with van der Waals surface area (Å²) in [6.07, 6.45) is 0.866. The number of amides is 1. The molecule has 0 aromatic heterocycles. The standard InChI is InChI=1S/C15H28N2O4/c1-5-6-17(11(4)14(18)16-7-10(2)3)13-9-21-8-12(13)15(19)20/h10-13H,5-9H2,1-4H3,(H,16,18)(H,19,20). The molecule has 3 atom stereocenters. The maximum Gasteiger partial charge on any atom is 0.310 e. The SMILES string of the molecule is CCCN(C(C)C(=O)NCC(C)C)C1COCC1C(=O)O. The number of rotatable bonds is 8. The van der Waals surface area contributed by atoms with Gasteiger partial charge in [0.15, 0.2) is 0 Å². The average molecular weight is 300 g/mol. The van der Waals surface area contributed by atoms with Crippen LogP contribution in [0.25, 0.3) is 0 Å². The lowest BCUT2D eigenvalue weighted by Crippen LogP contribution is -2.53. The van der Waals surface area contributed by atoms with Gasteiger partial charge in [0, 0.05) is 12.6 Å². The Kier molecular flexibility index (Phi) is 7.11. The molecule has 0 aromatic rings. The number of nitrogens with zero attached hydrogens (tertiary/aromatic N) is 1. The van der Waals surface area contributed by atoms with E-state index in [0.29, 0.717) is 25.6 Å². The molecular weight excluding hydrogens is 272 g/mol. The third-order valence-electron chi connectivity index (χ3n) is 3.84. The minimum absolute atomic E-state index is 0.0480. The summed E-state index contributed by atoms with van der Waals surface area (Å²) in [5.74, 6) is -1.07. The van der Waals surface area contributed by atoms with Gasteiger partial charge in [0.1, 0.15) is 0 Å². The van der Waals surface area contributed by atoms with E-state index < -0.39 is 11.9 Å². The third-order valence-corrected chi connectivity index (χ3v) is 3.84. The predicted molar refractivity (Wildman–Crippen MR) is 80.0 cm³/mol. The monoisotopic (exact) mass is 300 g/mol. The number of hydrogen-bond acceptors (Lipinski definition) is 4. The number of ether oxygens (including phenoxy) is 1. The van der Waals surface area contributed by atoms with Crippen molar-refractivity contribution in [2.75, 3.05) is 26.3 Å². The summed E-state index contributed by atoms with van der Waals surface area (Å²) >= 11 is 0. The van der Waals surface area contributed by atoms with Crippen LogP contribution in [0.15, 0.2) is 0 Å². The van der Waals surface area contributed by atoms with Crippen LogP contribution in [0.2, 0.25) is 0 Å². The molecule has 3 unspecified atom stereocenters. The van der Waals surface area contributed by atoms with Gasteiger partial charge in [-0.05, 0) is 25.8 Å². The van der Waals surface area contributed by atoms with E-state index in [4.69, 9.17) is 4.74 Å². The van der Waals surface area contributed by atoms with Crippen molar-refractivity contribution in [3.63, 3.8) is 0 Å². The average Bonchev–Trinajstić information content (AvgIpc) is 2.90. The van der Waals surface area contributed by atoms with Crippen molar-refractivity contribution in [3.8, 4) is 0 Å². The van der Waals surface area contributed by atoms with E-state index in [1.54, 1.807) is 0 Å². The summed E-state index contributed by atoms with van der Waals surface area (Å²) < 4.78 is 5.33. The van der Waals surface area contributed by atoms with Crippen molar-refractivity contribution in [1.29, 1.82) is 0 Å². The van der Waals surface area contributed by atoms with Gasteiger partial charge in [0.2, 0.25) is 5.91 Å². The first kappa shape index (κ1) is 17.9. The van der Waals surface area contributed by atoms with Crippen molar-refractivity contribution < 1.29 is 19.4 Å². The third kappa shape index (κ3) is 4.97. The maximum atomic E-state index is 12.3. The Morgan fingerprint density at radius 2 is 2.00 bits per heavy atom. The fourth-order valence-corrected chi connectivity index (χ4v) is 2.61. The van der Waals surface area contributed by atoms with Crippen LogP contribution in [0.5, 0.6) is 0 Å². The number of carboxylic acids is 1. The van der Waals surface area contributed by atoms with Gasteiger partial charge in [-0.3, -0.25) is 14.5 Å². The van der Waals surface area contributed by atoms with E-state index in [-0.39, 0.29) is 24.6 Å². The van der Waals surface area contributed by atoms with Gasteiger partial charge in [-0.1, -0.05) is 20.8 Å². The molecule has 6 heteroatoms. The largest absolute Gasteiger partial charge is 0.481 e. The molecule has 1 saturated heterocycles. The summed E-state index contributed by atoms with van der Waals surface area (Å²) in [5, 5.41) is 12.2. The highest BCUT2D eigenvalue weighted by Crippen LogP contribution is 2.22. The van der Waals surface area contributed by atoms with Crippen molar-refractivity contribution in [2.45, 2.75) is 46.2 Å². The van der Waals surface area contributed by atoms with Crippen molar-refractivity contribution in [3.05, 3.63) is 0 Å². The number of aliphatic carboxylic acids is 1. The number of nitrogens with one attached hydrogen (secondary N) is 1. The molecule has 1 amide bonds. The molecule has 122 valence electrons. The van der Waals surface area contributed by atoms with Crippen LogP contribution in [0, 0.1) is 11.8 Å². The lowest BCUT2D eigenvalue weighted by atomic mass is 10.00. The number of carbonyl (C=O) groups is 2. The van der Waals surface area contributed by atoms with Crippen LogP contribution >= 0.6 is 0 Å². The Balaban J connectivity index is 2.75. The zero-order valence-corrected chi connectivity index (χ0v) is 13.5. The van der Waals surface area contributed by atoms with Crippen LogP contribution in [0.1, 0.15) is 34.1 Å². The number of carbonyl (C=O) groups excluding carboxylic acids is 1. The van der Waals surface area contributed by atoms with Crippen LogP contribution < -0.4 is 5.32 Å². The second-order valence-electron chi connectivity index (χ2n) is 6.10. The highest BCUT2D eigenvalue weighted by atomic mass is 16.5. The van der Waals surface area contributed by atoms with Gasteiger partial charge in [0.25, 0.3) is 0 Å². The second kappa shape index (κ2) is 8.34. The van der Waals surface area contributed by atoms with E-state index in [1.807, 2.05) is 32.6 Å². The van der Waals surface area contributed by atoms with Gasteiger partial charge in [-0.2, -0.15) is 0 Å². The molecule has 1 rings (SSSR count). The van der Waals surface area contributed by atoms with Crippen molar-refractivity contribution in [2.24, 2.45) is 11.8 Å². The Hall–Kier alpha value is -1.14. The molecule has 1 aliphatic rings. The lowest BCUT2D eigenvalue weighted by Gasteiger charge is -2.34. The molecule has 0 saturated carbocycles. The van der Waals surface area contributed by atoms with Crippen LogP contribution in [-0.4, -0.2) is 60.3 Å². The van der Waals surface area contributed by atoms with E-state index in [0.717, 1.165) is 6.42 Å². The molecule has 21 heavy (non-hydrogen) atoms. The molecule has 0 radical (unpaired) electrons. The van der Waals surface area contributed by atoms with Gasteiger partial charge in [0.05, 0.1) is 25.2 Å². The molecule has 0 aliphatic carbocycles. The molecule has 0 aromatic carbocycles. The van der Waals surface area contributed by atoms with Crippen LogP contribution in [0.4, 0.5) is 0 Å². The Labute approximate surface area is 126 Å². The Morgan fingerprint density at radius 3 is 2.52 bits per heavy atom. The first-order chi connectivity index (χ1) is 9.88. The highest BCUT2D eigenvalue weighted by Gasteiger charge is 2.40. The Bertz CT molecular complexity index is 360. The first-order valence-electron chi connectivity index (χ1n) is 7.72. The second-order valence-corrected chi connectivity index (χ2v) is 6.10. The summed E-state index contributed by atoms with van der Waals surface area (Å²) in [7, 11) is 0. The van der Waals surface area contributed by atoms with Gasteiger partial charge in [-0.25, -0.2) is 0 Å². The summed E-state index contributed by atoms with van der Waals surface area (Å²) in [6.45, 7) is 9.86. The molecule has 1 aliphatic heterocycles. The molecule has 0 bridgehead atoms. The van der Waals surface area contributed by atoms with E-state index in [2.05, 4.69) is 5.32 Å². The molecule has 0 spiro atoms. The smallest absolute Gasteiger partial charge is 0.310 e.